The summed E-state index contributed by atoms with van der Waals surface area (Å²) >= 11 is 7.44. The van der Waals surface area contributed by atoms with Crippen molar-refractivity contribution in [2.24, 2.45) is 5.73 Å². The molecule has 0 amide bonds. The van der Waals surface area contributed by atoms with Gasteiger partial charge in [-0.3, -0.25) is 0 Å². The molecule has 0 saturated carbocycles. The van der Waals surface area contributed by atoms with Crippen LogP contribution in [0.3, 0.4) is 0 Å². The molecule has 0 fully saturated rings. The molecule has 0 aromatic carbocycles. The van der Waals surface area contributed by atoms with Crippen LogP contribution in [-0.4, -0.2) is 4.98 Å². The zero-order chi connectivity index (χ0) is 9.26. The van der Waals surface area contributed by atoms with E-state index in [9.17, 15) is 0 Å². The molecule has 0 aliphatic rings. The topological polar surface area (TPSA) is 52.0 Å². The first-order chi connectivity index (χ1) is 6.31. The van der Waals surface area contributed by atoms with Crippen molar-refractivity contribution in [2.75, 3.05) is 0 Å². The van der Waals surface area contributed by atoms with Crippen LogP contribution in [0.5, 0.6) is 0 Å². The molecule has 68 valence electrons. The van der Waals surface area contributed by atoms with E-state index in [-0.39, 0.29) is 0 Å². The molecule has 0 spiro atoms. The van der Waals surface area contributed by atoms with E-state index < -0.39 is 0 Å². The Hall–Kier alpha value is -0.840. The normalized spacial score (nSPS) is 10.6. The third-order valence-corrected chi connectivity index (χ3v) is 2.93. The van der Waals surface area contributed by atoms with Gasteiger partial charge in [-0.2, -0.15) is 0 Å². The zero-order valence-corrected chi connectivity index (χ0v) is 8.23. The zero-order valence-electron chi connectivity index (χ0n) is 6.66. The maximum absolute atomic E-state index is 5.92. The second kappa shape index (κ2) is 3.49. The smallest absolute Gasteiger partial charge is 0.208 e. The predicted molar refractivity (Wildman–Crippen MR) is 52.7 cm³/mol. The Balaban J connectivity index is 2.41. The van der Waals surface area contributed by atoms with Crippen LogP contribution in [0.4, 0.5) is 0 Å². The highest BCUT2D eigenvalue weighted by atomic mass is 35.5. The van der Waals surface area contributed by atoms with Gasteiger partial charge in [0.25, 0.3) is 0 Å². The van der Waals surface area contributed by atoms with E-state index in [4.69, 9.17) is 21.8 Å². The molecule has 0 unspecified atom stereocenters. The Labute approximate surface area is 84.2 Å². The summed E-state index contributed by atoms with van der Waals surface area (Å²) in [6.45, 7) is 0.309. The van der Waals surface area contributed by atoms with Gasteiger partial charge >= 0.3 is 0 Å². The molecule has 2 heterocycles. The first-order valence-corrected chi connectivity index (χ1v) is 4.95. The van der Waals surface area contributed by atoms with Crippen LogP contribution in [0, 0.1) is 0 Å². The molecule has 0 bridgehead atoms. The highest BCUT2D eigenvalue weighted by Crippen LogP contribution is 2.33. The Bertz CT molecular complexity index is 410. The summed E-state index contributed by atoms with van der Waals surface area (Å²) in [6.07, 6.45) is 1.64. The lowest BCUT2D eigenvalue weighted by molar-refractivity contribution is 0.510. The van der Waals surface area contributed by atoms with E-state index in [0.29, 0.717) is 23.2 Å². The van der Waals surface area contributed by atoms with Crippen molar-refractivity contribution < 1.29 is 4.42 Å². The van der Waals surface area contributed by atoms with Crippen molar-refractivity contribution in [3.05, 3.63) is 28.6 Å². The maximum Gasteiger partial charge on any atom is 0.208 e. The average Bonchev–Trinajstić information content (AvgIpc) is 2.71. The number of hydrogen-bond donors (Lipinski definition) is 1. The van der Waals surface area contributed by atoms with Crippen LogP contribution >= 0.6 is 22.9 Å². The molecule has 2 rings (SSSR count). The number of nitrogens with two attached hydrogens (primary N) is 1. The van der Waals surface area contributed by atoms with Crippen LogP contribution in [-0.2, 0) is 6.54 Å². The second-order valence-electron chi connectivity index (χ2n) is 2.42. The van der Waals surface area contributed by atoms with Gasteiger partial charge in [0.05, 0.1) is 22.6 Å². The molecular formula is C8H7ClN2OS. The molecule has 13 heavy (non-hydrogen) atoms. The molecule has 3 nitrogen and oxygen atoms in total. The van der Waals surface area contributed by atoms with Gasteiger partial charge in [-0.05, 0) is 11.4 Å². The Morgan fingerprint density at radius 1 is 1.62 bits per heavy atom. The van der Waals surface area contributed by atoms with Crippen molar-refractivity contribution >= 4 is 22.9 Å². The Morgan fingerprint density at radius 2 is 2.46 bits per heavy atom. The van der Waals surface area contributed by atoms with E-state index in [0.717, 1.165) is 4.88 Å². The molecule has 0 saturated heterocycles. The minimum atomic E-state index is 0.309. The number of hydrogen-bond acceptors (Lipinski definition) is 4. The fourth-order valence-corrected chi connectivity index (χ4v) is 2.07. The summed E-state index contributed by atoms with van der Waals surface area (Å²) in [5, 5.41) is 2.59. The SMILES string of the molecule is NCc1ncc(-c2sccc2Cl)o1. The van der Waals surface area contributed by atoms with Crippen LogP contribution in [0.15, 0.2) is 22.1 Å². The predicted octanol–water partition coefficient (Wildman–Crippen LogP) is 2.52. The van der Waals surface area contributed by atoms with E-state index in [1.807, 2.05) is 11.4 Å². The lowest BCUT2D eigenvalue weighted by atomic mass is 10.4. The number of rotatable bonds is 2. The van der Waals surface area contributed by atoms with E-state index in [1.54, 1.807) is 6.20 Å². The number of aromatic nitrogens is 1. The van der Waals surface area contributed by atoms with Gasteiger partial charge in [0.1, 0.15) is 0 Å². The maximum atomic E-state index is 5.92. The second-order valence-corrected chi connectivity index (χ2v) is 3.74. The molecule has 2 aromatic heterocycles. The molecule has 0 aliphatic heterocycles. The first-order valence-electron chi connectivity index (χ1n) is 3.69. The monoisotopic (exact) mass is 214 g/mol. The molecule has 0 atom stereocenters. The van der Waals surface area contributed by atoms with Gasteiger partial charge in [-0.1, -0.05) is 11.6 Å². The van der Waals surface area contributed by atoms with E-state index in [2.05, 4.69) is 4.98 Å². The van der Waals surface area contributed by atoms with Crippen LogP contribution < -0.4 is 5.73 Å². The van der Waals surface area contributed by atoms with Crippen molar-refractivity contribution in [1.29, 1.82) is 0 Å². The summed E-state index contributed by atoms with van der Waals surface area (Å²) in [5.74, 6) is 1.21. The minimum Gasteiger partial charge on any atom is -0.438 e. The summed E-state index contributed by atoms with van der Waals surface area (Å²) < 4.78 is 5.35. The van der Waals surface area contributed by atoms with Crippen molar-refractivity contribution in [3.63, 3.8) is 0 Å². The molecule has 0 radical (unpaired) electrons. The van der Waals surface area contributed by atoms with Gasteiger partial charge in [-0.25, -0.2) is 4.98 Å². The number of oxazole rings is 1. The summed E-state index contributed by atoms with van der Waals surface area (Å²) in [4.78, 5) is 4.89. The van der Waals surface area contributed by atoms with Crippen LogP contribution in [0.2, 0.25) is 5.02 Å². The van der Waals surface area contributed by atoms with Crippen LogP contribution in [0.25, 0.3) is 10.6 Å². The third-order valence-electron chi connectivity index (χ3n) is 1.57. The highest BCUT2D eigenvalue weighted by molar-refractivity contribution is 7.14. The van der Waals surface area contributed by atoms with Crippen molar-refractivity contribution in [1.82, 2.24) is 4.98 Å². The van der Waals surface area contributed by atoms with Crippen molar-refractivity contribution in [2.45, 2.75) is 6.54 Å². The quantitative estimate of drug-likeness (QED) is 0.836. The molecule has 2 aromatic rings. The summed E-state index contributed by atoms with van der Waals surface area (Å²) in [5.41, 5.74) is 5.37. The van der Waals surface area contributed by atoms with Gasteiger partial charge < -0.3 is 10.2 Å². The average molecular weight is 215 g/mol. The summed E-state index contributed by atoms with van der Waals surface area (Å²) in [7, 11) is 0. The number of nitrogens with zero attached hydrogens (tertiary/aromatic N) is 1. The first kappa shape index (κ1) is 8.74. The molecular weight excluding hydrogens is 208 g/mol. The highest BCUT2D eigenvalue weighted by Gasteiger charge is 2.09. The molecule has 0 aliphatic carbocycles. The van der Waals surface area contributed by atoms with Gasteiger partial charge in [0.15, 0.2) is 5.76 Å². The standard InChI is InChI=1S/C8H7ClN2OS/c9-5-1-2-13-8(5)6-4-11-7(3-10)12-6/h1-2,4H,3,10H2. The summed E-state index contributed by atoms with van der Waals surface area (Å²) in [6, 6.07) is 1.83. The van der Waals surface area contributed by atoms with Gasteiger partial charge in [-0.15, -0.1) is 11.3 Å². The Kier molecular flexibility index (Phi) is 2.35. The lowest BCUT2D eigenvalue weighted by Gasteiger charge is -1.90. The van der Waals surface area contributed by atoms with E-state index in [1.165, 1.54) is 11.3 Å². The number of thiophene rings is 1. The molecule has 5 heteroatoms. The van der Waals surface area contributed by atoms with Crippen LogP contribution in [0.1, 0.15) is 5.89 Å². The lowest BCUT2D eigenvalue weighted by Crippen LogP contribution is -1.94. The molecule has 2 N–H and O–H groups in total. The van der Waals surface area contributed by atoms with Gasteiger partial charge in [0.2, 0.25) is 5.89 Å². The minimum absolute atomic E-state index is 0.309. The fraction of sp³-hybridized carbons (Fsp3) is 0.125. The number of halogens is 1. The fourth-order valence-electron chi connectivity index (χ4n) is 0.979. The van der Waals surface area contributed by atoms with E-state index >= 15 is 0 Å². The largest absolute Gasteiger partial charge is 0.438 e. The Morgan fingerprint density at radius 3 is 3.00 bits per heavy atom. The van der Waals surface area contributed by atoms with Gasteiger partial charge in [0, 0.05) is 0 Å². The van der Waals surface area contributed by atoms with Crippen molar-refractivity contribution in [3.8, 4) is 10.6 Å². The third kappa shape index (κ3) is 1.60.